The standard InChI is InChI=1S/C28H35FN2O/c1-20(2)32-27-16-10-24(11-17-27)28(23-6-12-25(29)13-7-23)18-19-30-21(3)22-8-14-26(15-9-22)31(4)5/h6-17,20-21,28,30H,18-19H2,1-5H3/t21-,28-/m1/s1. The van der Waals surface area contributed by atoms with Gasteiger partial charge in [0.15, 0.2) is 0 Å². The van der Waals surface area contributed by atoms with E-state index in [0.29, 0.717) is 0 Å². The molecule has 0 amide bonds. The molecule has 0 unspecified atom stereocenters. The van der Waals surface area contributed by atoms with E-state index in [-0.39, 0.29) is 23.9 Å². The van der Waals surface area contributed by atoms with Crippen LogP contribution in [0.5, 0.6) is 5.75 Å². The van der Waals surface area contributed by atoms with E-state index < -0.39 is 0 Å². The Hall–Kier alpha value is -2.85. The van der Waals surface area contributed by atoms with Crippen molar-refractivity contribution in [3.8, 4) is 5.75 Å². The Morgan fingerprint density at radius 1 is 0.781 bits per heavy atom. The van der Waals surface area contributed by atoms with Crippen LogP contribution in [0.25, 0.3) is 0 Å². The third-order valence-electron chi connectivity index (χ3n) is 5.72. The average molecular weight is 435 g/mol. The maximum absolute atomic E-state index is 13.5. The molecule has 170 valence electrons. The molecule has 3 aromatic carbocycles. The normalized spacial score (nSPS) is 13.1. The van der Waals surface area contributed by atoms with E-state index in [0.717, 1.165) is 24.3 Å². The molecule has 2 atom stereocenters. The summed E-state index contributed by atoms with van der Waals surface area (Å²) in [5.41, 5.74) is 4.79. The zero-order valence-corrected chi connectivity index (χ0v) is 19.8. The Labute approximate surface area is 192 Å². The van der Waals surface area contributed by atoms with Crippen molar-refractivity contribution in [2.45, 2.75) is 45.3 Å². The van der Waals surface area contributed by atoms with E-state index in [4.69, 9.17) is 4.74 Å². The zero-order valence-electron chi connectivity index (χ0n) is 19.8. The smallest absolute Gasteiger partial charge is 0.123 e. The van der Waals surface area contributed by atoms with Crippen LogP contribution in [0.3, 0.4) is 0 Å². The van der Waals surface area contributed by atoms with Gasteiger partial charge in [-0.25, -0.2) is 4.39 Å². The van der Waals surface area contributed by atoms with Gasteiger partial charge in [0.05, 0.1) is 6.10 Å². The van der Waals surface area contributed by atoms with Crippen LogP contribution in [-0.4, -0.2) is 26.7 Å². The van der Waals surface area contributed by atoms with Crippen molar-refractivity contribution in [1.29, 1.82) is 0 Å². The Balaban J connectivity index is 1.69. The lowest BCUT2D eigenvalue weighted by Gasteiger charge is -2.21. The zero-order chi connectivity index (χ0) is 23.1. The first-order valence-electron chi connectivity index (χ1n) is 11.4. The van der Waals surface area contributed by atoms with Crippen LogP contribution < -0.4 is 15.0 Å². The van der Waals surface area contributed by atoms with Gasteiger partial charge in [-0.05, 0) is 86.8 Å². The number of nitrogens with one attached hydrogen (secondary N) is 1. The van der Waals surface area contributed by atoms with E-state index in [1.807, 2.05) is 52.2 Å². The Kier molecular flexibility index (Phi) is 8.29. The summed E-state index contributed by atoms with van der Waals surface area (Å²) in [6.45, 7) is 7.09. The molecule has 0 aromatic heterocycles. The van der Waals surface area contributed by atoms with Gasteiger partial charge in [-0.15, -0.1) is 0 Å². The molecule has 32 heavy (non-hydrogen) atoms. The van der Waals surface area contributed by atoms with E-state index in [1.165, 1.54) is 16.8 Å². The molecule has 0 bridgehead atoms. The number of benzene rings is 3. The molecule has 0 fully saturated rings. The quantitative estimate of drug-likeness (QED) is 0.391. The molecule has 3 rings (SSSR count). The molecule has 0 saturated heterocycles. The minimum Gasteiger partial charge on any atom is -0.491 e. The van der Waals surface area contributed by atoms with E-state index in [2.05, 4.69) is 53.5 Å². The van der Waals surface area contributed by atoms with Crippen LogP contribution in [-0.2, 0) is 0 Å². The predicted molar refractivity (Wildman–Crippen MR) is 132 cm³/mol. The summed E-state index contributed by atoms with van der Waals surface area (Å²) in [6, 6.07) is 24.1. The molecule has 3 nitrogen and oxygen atoms in total. The van der Waals surface area contributed by atoms with Crippen LogP contribution in [0.2, 0.25) is 0 Å². The third kappa shape index (κ3) is 6.57. The highest BCUT2D eigenvalue weighted by molar-refractivity contribution is 5.46. The third-order valence-corrected chi connectivity index (χ3v) is 5.72. The molecule has 0 aliphatic carbocycles. The number of rotatable bonds is 10. The lowest BCUT2D eigenvalue weighted by atomic mass is 9.88. The highest BCUT2D eigenvalue weighted by atomic mass is 19.1. The van der Waals surface area contributed by atoms with Crippen molar-refractivity contribution in [2.24, 2.45) is 0 Å². The number of hydrogen-bond acceptors (Lipinski definition) is 3. The van der Waals surface area contributed by atoms with E-state index >= 15 is 0 Å². The van der Waals surface area contributed by atoms with Crippen molar-refractivity contribution >= 4 is 5.69 Å². The van der Waals surface area contributed by atoms with Crippen molar-refractivity contribution in [3.05, 3.63) is 95.3 Å². The van der Waals surface area contributed by atoms with E-state index in [1.54, 1.807) is 12.1 Å². The van der Waals surface area contributed by atoms with Crippen LogP contribution in [0.1, 0.15) is 55.8 Å². The van der Waals surface area contributed by atoms with Crippen LogP contribution >= 0.6 is 0 Å². The Bertz CT molecular complexity index is 950. The van der Waals surface area contributed by atoms with Crippen molar-refractivity contribution in [2.75, 3.05) is 25.5 Å². The minimum absolute atomic E-state index is 0.145. The maximum Gasteiger partial charge on any atom is 0.123 e. The molecule has 0 aliphatic heterocycles. The van der Waals surface area contributed by atoms with Gasteiger partial charge in [0.1, 0.15) is 11.6 Å². The van der Waals surface area contributed by atoms with Gasteiger partial charge in [-0.2, -0.15) is 0 Å². The van der Waals surface area contributed by atoms with Gasteiger partial charge in [0.2, 0.25) is 0 Å². The van der Waals surface area contributed by atoms with E-state index in [9.17, 15) is 4.39 Å². The number of ether oxygens (including phenoxy) is 1. The van der Waals surface area contributed by atoms with Crippen LogP contribution in [0.15, 0.2) is 72.8 Å². The Morgan fingerprint density at radius 3 is 1.84 bits per heavy atom. The lowest BCUT2D eigenvalue weighted by molar-refractivity contribution is 0.242. The topological polar surface area (TPSA) is 24.5 Å². The first-order valence-corrected chi connectivity index (χ1v) is 11.4. The van der Waals surface area contributed by atoms with Crippen molar-refractivity contribution in [1.82, 2.24) is 5.32 Å². The SMILES string of the molecule is CC(C)Oc1ccc([C@H](CCN[C@H](C)c2ccc(N(C)C)cc2)c2ccc(F)cc2)cc1. The second kappa shape index (κ2) is 11.1. The molecule has 3 aromatic rings. The second-order valence-corrected chi connectivity index (χ2v) is 8.79. The maximum atomic E-state index is 13.5. The first kappa shape index (κ1) is 23.8. The molecule has 0 saturated carbocycles. The minimum atomic E-state index is -0.207. The Morgan fingerprint density at radius 2 is 1.31 bits per heavy atom. The molecular formula is C28H35FN2O. The number of nitrogens with zero attached hydrogens (tertiary/aromatic N) is 1. The van der Waals surface area contributed by atoms with Gasteiger partial charge in [-0.1, -0.05) is 36.4 Å². The molecule has 0 radical (unpaired) electrons. The fourth-order valence-electron chi connectivity index (χ4n) is 3.89. The molecule has 0 heterocycles. The summed E-state index contributed by atoms with van der Waals surface area (Å²) in [5.74, 6) is 0.843. The van der Waals surface area contributed by atoms with Crippen LogP contribution in [0, 0.1) is 5.82 Å². The molecule has 0 aliphatic rings. The van der Waals surface area contributed by atoms with Crippen molar-refractivity contribution < 1.29 is 9.13 Å². The summed E-state index contributed by atoms with van der Waals surface area (Å²) in [4.78, 5) is 2.10. The predicted octanol–water partition coefficient (Wildman–Crippen LogP) is 6.55. The summed E-state index contributed by atoms with van der Waals surface area (Å²) in [6.07, 6.45) is 1.06. The largest absolute Gasteiger partial charge is 0.491 e. The summed E-state index contributed by atoms with van der Waals surface area (Å²) in [5, 5.41) is 3.65. The monoisotopic (exact) mass is 434 g/mol. The van der Waals surface area contributed by atoms with Gasteiger partial charge in [0, 0.05) is 31.7 Å². The van der Waals surface area contributed by atoms with Gasteiger partial charge >= 0.3 is 0 Å². The molecule has 1 N–H and O–H groups in total. The number of halogens is 1. The molecule has 0 spiro atoms. The summed E-state index contributed by atoms with van der Waals surface area (Å²) in [7, 11) is 4.10. The fourth-order valence-corrected chi connectivity index (χ4v) is 3.89. The summed E-state index contributed by atoms with van der Waals surface area (Å²) < 4.78 is 19.3. The molecular weight excluding hydrogens is 399 g/mol. The second-order valence-electron chi connectivity index (χ2n) is 8.79. The lowest BCUT2D eigenvalue weighted by Crippen LogP contribution is -2.22. The average Bonchev–Trinajstić information content (AvgIpc) is 2.78. The molecule has 4 heteroatoms. The van der Waals surface area contributed by atoms with Gasteiger partial charge in [-0.3, -0.25) is 0 Å². The summed E-state index contributed by atoms with van der Waals surface area (Å²) >= 11 is 0. The van der Waals surface area contributed by atoms with Crippen molar-refractivity contribution in [3.63, 3.8) is 0 Å². The van der Waals surface area contributed by atoms with Gasteiger partial charge < -0.3 is 15.0 Å². The number of hydrogen-bond donors (Lipinski definition) is 1. The highest BCUT2D eigenvalue weighted by Gasteiger charge is 2.16. The number of anilines is 1. The highest BCUT2D eigenvalue weighted by Crippen LogP contribution is 2.30. The fraction of sp³-hybridized carbons (Fsp3) is 0.357. The van der Waals surface area contributed by atoms with Crippen LogP contribution in [0.4, 0.5) is 10.1 Å². The first-order chi connectivity index (χ1) is 15.3. The van der Waals surface area contributed by atoms with Gasteiger partial charge in [0.25, 0.3) is 0 Å².